The maximum Gasteiger partial charge on any atom is 0.290 e. The zero-order valence-electron chi connectivity index (χ0n) is 12.3. The Morgan fingerprint density at radius 3 is 2.32 bits per heavy atom. The van der Waals surface area contributed by atoms with E-state index in [-0.39, 0.29) is 13.2 Å². The highest BCUT2D eigenvalue weighted by Gasteiger charge is 2.11. The fourth-order valence-corrected chi connectivity index (χ4v) is 2.00. The van der Waals surface area contributed by atoms with Crippen LogP contribution in [0.25, 0.3) is 0 Å². The number of aromatic amines is 1. The lowest BCUT2D eigenvalue weighted by atomic mass is 10.4. The van der Waals surface area contributed by atoms with Crippen LogP contribution in [0.5, 0.6) is 17.4 Å². The van der Waals surface area contributed by atoms with E-state index < -0.39 is 5.56 Å². The van der Waals surface area contributed by atoms with E-state index in [1.54, 1.807) is 6.20 Å². The van der Waals surface area contributed by atoms with E-state index in [0.717, 1.165) is 15.1 Å². The molecule has 0 aromatic carbocycles. The maximum atomic E-state index is 10.4. The molecule has 0 radical (unpaired) electrons. The van der Waals surface area contributed by atoms with Crippen LogP contribution in [0.2, 0.25) is 0 Å². The van der Waals surface area contributed by atoms with Gasteiger partial charge in [-0.05, 0) is 31.9 Å². The van der Waals surface area contributed by atoms with Gasteiger partial charge in [0.15, 0.2) is 11.5 Å². The number of pyridine rings is 2. The largest absolute Gasteiger partial charge is 0.503 e. The van der Waals surface area contributed by atoms with E-state index in [0.29, 0.717) is 29.3 Å². The van der Waals surface area contributed by atoms with E-state index in [1.807, 2.05) is 6.07 Å². The highest BCUT2D eigenvalue weighted by molar-refractivity contribution is 9.12. The predicted molar refractivity (Wildman–Crippen MR) is 114 cm³/mol. The molecule has 1 aliphatic heterocycles. The van der Waals surface area contributed by atoms with E-state index in [4.69, 9.17) is 14.6 Å². The number of rotatable bonds is 1. The molecule has 3 heterocycles. The van der Waals surface area contributed by atoms with Crippen LogP contribution in [0.3, 0.4) is 0 Å². The van der Waals surface area contributed by atoms with Crippen molar-refractivity contribution in [2.75, 3.05) is 23.9 Å². The van der Waals surface area contributed by atoms with Crippen LogP contribution >= 0.6 is 63.7 Å². The Labute approximate surface area is 179 Å². The van der Waals surface area contributed by atoms with Crippen molar-refractivity contribution in [3.63, 3.8) is 0 Å². The van der Waals surface area contributed by atoms with Gasteiger partial charge in [0.1, 0.15) is 13.2 Å². The lowest BCUT2D eigenvalue weighted by molar-refractivity contribution is 0.164. The average molecular weight is 610 g/mol. The van der Waals surface area contributed by atoms with Crippen LogP contribution in [0, 0.1) is 0 Å². The highest BCUT2D eigenvalue weighted by atomic mass is 79.9. The van der Waals surface area contributed by atoms with Gasteiger partial charge in [0.2, 0.25) is 0 Å². The molecule has 0 aliphatic carbocycles. The second-order valence-electron chi connectivity index (χ2n) is 4.06. The smallest absolute Gasteiger partial charge is 0.290 e. The van der Waals surface area contributed by atoms with Crippen LogP contribution in [-0.2, 0) is 0 Å². The molecule has 0 amide bonds. The number of alkyl halides is 2. The predicted octanol–water partition coefficient (Wildman–Crippen LogP) is 4.87. The van der Waals surface area contributed by atoms with Gasteiger partial charge in [0, 0.05) is 44.1 Å². The molecule has 2 N–H and O–H groups in total. The number of hydrogen-bond donors (Lipinski definition) is 2. The summed E-state index contributed by atoms with van der Waals surface area (Å²) in [4.78, 5) is 16.8. The minimum Gasteiger partial charge on any atom is -0.503 e. The van der Waals surface area contributed by atoms with Gasteiger partial charge in [-0.1, -0.05) is 39.3 Å². The summed E-state index contributed by atoms with van der Waals surface area (Å²) in [5.41, 5.74) is -0.474. The molecular weight excluding hydrogens is 592 g/mol. The van der Waals surface area contributed by atoms with Gasteiger partial charge in [-0.15, -0.1) is 0 Å². The zero-order valence-corrected chi connectivity index (χ0v) is 18.6. The quantitative estimate of drug-likeness (QED) is 0.451. The Hall–Kier alpha value is -0.580. The topological polar surface area (TPSA) is 84.4 Å². The number of ether oxygens (including phenoxy) is 2. The van der Waals surface area contributed by atoms with E-state index in [2.05, 4.69) is 73.7 Å². The van der Waals surface area contributed by atoms with Crippen LogP contribution in [-0.4, -0.2) is 38.9 Å². The third kappa shape index (κ3) is 9.62. The highest BCUT2D eigenvalue weighted by Crippen LogP contribution is 2.29. The molecule has 2 aromatic heterocycles. The standard InChI is InChI=1S/C7H6BrNO2.C5H4BrNO2.C2H4Br2.CH4/c8-5-3-6-7(9-4-5)11-2-1-10-6;6-3-1-4(8)5(9)7-2-3;3-1-2-4;/h3-4H,1-2H2;1-2,8H,(H,7,9);1-2H2;1H4. The number of nitrogens with zero attached hydrogens (tertiary/aromatic N) is 1. The molecule has 0 saturated carbocycles. The first-order valence-electron chi connectivity index (χ1n) is 6.58. The van der Waals surface area contributed by atoms with Crippen LogP contribution < -0.4 is 15.0 Å². The molecule has 0 bridgehead atoms. The Morgan fingerprint density at radius 1 is 1.12 bits per heavy atom. The van der Waals surface area contributed by atoms with Gasteiger partial charge < -0.3 is 19.6 Å². The first-order chi connectivity index (χ1) is 11.5. The summed E-state index contributed by atoms with van der Waals surface area (Å²) in [5.74, 6) is 1.02. The normalized spacial score (nSPS) is 11.0. The molecule has 25 heavy (non-hydrogen) atoms. The monoisotopic (exact) mass is 606 g/mol. The number of aromatic nitrogens is 2. The van der Waals surface area contributed by atoms with Gasteiger partial charge in [0.05, 0.1) is 0 Å². The SMILES string of the molecule is BrCCBr.Brc1cnc2c(c1)OCCO2.C.O=c1[nH]cc(Br)cc1O. The molecule has 0 fully saturated rings. The van der Waals surface area contributed by atoms with Crippen LogP contribution in [0.4, 0.5) is 0 Å². The first kappa shape index (κ1) is 24.4. The summed E-state index contributed by atoms with van der Waals surface area (Å²) >= 11 is 12.8. The molecule has 6 nitrogen and oxygen atoms in total. The zero-order chi connectivity index (χ0) is 17.9. The van der Waals surface area contributed by atoms with E-state index in [1.165, 1.54) is 12.3 Å². The molecule has 0 unspecified atom stereocenters. The van der Waals surface area contributed by atoms with E-state index in [9.17, 15) is 4.79 Å². The number of fused-ring (bicyclic) bond motifs is 1. The number of nitrogens with one attached hydrogen (secondary N) is 1. The van der Waals surface area contributed by atoms with Crippen molar-refractivity contribution in [1.29, 1.82) is 0 Å². The van der Waals surface area contributed by atoms with Crippen LogP contribution in [0.1, 0.15) is 7.43 Å². The van der Waals surface area contributed by atoms with Gasteiger partial charge in [-0.3, -0.25) is 4.79 Å². The lowest BCUT2D eigenvalue weighted by Gasteiger charge is -2.16. The Kier molecular flexibility index (Phi) is 13.3. The molecule has 2 aromatic rings. The second kappa shape index (κ2) is 13.6. The third-order valence-electron chi connectivity index (χ3n) is 2.28. The van der Waals surface area contributed by atoms with Crippen molar-refractivity contribution in [3.8, 4) is 17.4 Å². The summed E-state index contributed by atoms with van der Waals surface area (Å²) < 4.78 is 12.1. The van der Waals surface area contributed by atoms with Crippen molar-refractivity contribution >= 4 is 63.7 Å². The summed E-state index contributed by atoms with van der Waals surface area (Å²) in [6.45, 7) is 1.19. The summed E-state index contributed by atoms with van der Waals surface area (Å²) in [7, 11) is 0. The number of hydrogen-bond acceptors (Lipinski definition) is 5. The first-order valence-corrected chi connectivity index (χ1v) is 10.4. The molecule has 0 atom stereocenters. The molecule has 0 saturated heterocycles. The maximum absolute atomic E-state index is 10.4. The molecule has 140 valence electrons. The molecule has 1 aliphatic rings. The van der Waals surface area contributed by atoms with Gasteiger partial charge in [0.25, 0.3) is 11.4 Å². The fourth-order valence-electron chi connectivity index (χ4n) is 1.36. The number of aromatic hydroxyl groups is 1. The van der Waals surface area contributed by atoms with Crippen molar-refractivity contribution in [3.05, 3.63) is 43.8 Å². The van der Waals surface area contributed by atoms with Crippen molar-refractivity contribution < 1.29 is 14.6 Å². The van der Waals surface area contributed by atoms with Gasteiger partial charge in [-0.25, -0.2) is 4.98 Å². The average Bonchev–Trinajstić information content (AvgIpc) is 2.59. The summed E-state index contributed by atoms with van der Waals surface area (Å²) in [6, 6.07) is 3.18. The molecular formula is C15H18Br4N2O4. The van der Waals surface area contributed by atoms with Crippen molar-refractivity contribution in [2.45, 2.75) is 7.43 Å². The van der Waals surface area contributed by atoms with Gasteiger partial charge in [-0.2, -0.15) is 0 Å². The summed E-state index contributed by atoms with van der Waals surface area (Å²) in [6.07, 6.45) is 3.15. The Bertz CT molecular complexity index is 695. The minimum atomic E-state index is -0.474. The Balaban J connectivity index is 0.000000375. The van der Waals surface area contributed by atoms with Crippen molar-refractivity contribution in [1.82, 2.24) is 9.97 Å². The third-order valence-corrected chi connectivity index (χ3v) is 5.03. The molecule has 3 rings (SSSR count). The summed E-state index contributed by atoms with van der Waals surface area (Å²) in [5, 5.41) is 10.8. The molecule has 0 spiro atoms. The van der Waals surface area contributed by atoms with Gasteiger partial charge >= 0.3 is 0 Å². The number of H-pyrrole nitrogens is 1. The molecule has 10 heteroatoms. The lowest BCUT2D eigenvalue weighted by Crippen LogP contribution is -2.16. The second-order valence-corrected chi connectivity index (χ2v) is 7.48. The Morgan fingerprint density at radius 2 is 1.76 bits per heavy atom. The van der Waals surface area contributed by atoms with E-state index >= 15 is 0 Å². The fraction of sp³-hybridized carbons (Fsp3) is 0.333. The number of halogens is 4. The van der Waals surface area contributed by atoms with Crippen LogP contribution in [0.15, 0.2) is 38.3 Å². The minimum absolute atomic E-state index is 0. The van der Waals surface area contributed by atoms with Crippen molar-refractivity contribution in [2.24, 2.45) is 0 Å².